The Hall–Kier alpha value is -3.12. The van der Waals surface area contributed by atoms with Crippen LogP contribution in [0.4, 0.5) is 4.39 Å². The number of aliphatic hydroxyl groups excluding tert-OH is 1. The van der Waals surface area contributed by atoms with E-state index in [1.807, 2.05) is 25.1 Å². The number of fused-ring (bicyclic) bond motifs is 1. The molecular weight excluding hydrogens is 331 g/mol. The molecule has 5 nitrogen and oxygen atoms in total. The van der Waals surface area contributed by atoms with Gasteiger partial charge in [0.05, 0.1) is 11.6 Å². The van der Waals surface area contributed by atoms with Gasteiger partial charge in [-0.05, 0) is 54.8 Å². The first-order valence-electron chi connectivity index (χ1n) is 8.27. The Labute approximate surface area is 149 Å². The topological polar surface area (TPSA) is 63.8 Å². The summed E-state index contributed by atoms with van der Waals surface area (Å²) < 4.78 is 15.0. The Morgan fingerprint density at radius 2 is 1.88 bits per heavy atom. The summed E-state index contributed by atoms with van der Waals surface area (Å²) in [4.78, 5) is 8.78. The zero-order valence-corrected chi connectivity index (χ0v) is 14.4. The highest BCUT2D eigenvalue weighted by atomic mass is 19.1. The molecular formula is C20H17FN4O. The molecule has 1 unspecified atom stereocenters. The monoisotopic (exact) mass is 348 g/mol. The summed E-state index contributed by atoms with van der Waals surface area (Å²) in [6.07, 6.45) is 2.39. The maximum Gasteiger partial charge on any atom is 0.163 e. The molecule has 0 aliphatic heterocycles. The van der Waals surface area contributed by atoms with Crippen molar-refractivity contribution >= 4 is 10.9 Å². The predicted octanol–water partition coefficient (Wildman–Crippen LogP) is 3.98. The molecule has 2 aromatic heterocycles. The van der Waals surface area contributed by atoms with Crippen LogP contribution in [0.3, 0.4) is 0 Å². The first-order valence-corrected chi connectivity index (χ1v) is 8.27. The largest absolute Gasteiger partial charge is 0.389 e. The summed E-state index contributed by atoms with van der Waals surface area (Å²) in [7, 11) is 0. The smallest absolute Gasteiger partial charge is 0.163 e. The van der Waals surface area contributed by atoms with Crippen LogP contribution in [0.25, 0.3) is 27.8 Å². The van der Waals surface area contributed by atoms with Crippen molar-refractivity contribution in [3.63, 3.8) is 0 Å². The normalized spacial score (nSPS) is 12.5. The highest BCUT2D eigenvalue weighted by molar-refractivity contribution is 5.90. The minimum atomic E-state index is -0.627. The second-order valence-corrected chi connectivity index (χ2v) is 6.30. The molecule has 4 rings (SSSR count). The number of halogens is 1. The Balaban J connectivity index is 2.07. The fraction of sp³-hybridized carbons (Fsp3) is 0.150. The van der Waals surface area contributed by atoms with Gasteiger partial charge in [-0.3, -0.25) is 0 Å². The highest BCUT2D eigenvalue weighted by Crippen LogP contribution is 2.33. The molecule has 1 N–H and O–H groups in total. The maximum absolute atomic E-state index is 13.4. The van der Waals surface area contributed by atoms with Crippen molar-refractivity contribution in [2.75, 3.05) is 0 Å². The average Bonchev–Trinajstić information content (AvgIpc) is 3.15. The van der Waals surface area contributed by atoms with Crippen LogP contribution in [0, 0.1) is 12.7 Å². The summed E-state index contributed by atoms with van der Waals surface area (Å²) >= 11 is 0. The summed E-state index contributed by atoms with van der Waals surface area (Å²) in [6, 6.07) is 12.1. The number of rotatable bonds is 3. The molecule has 0 bridgehead atoms. The number of aryl methyl sites for hydroxylation is 1. The molecule has 130 valence electrons. The van der Waals surface area contributed by atoms with E-state index in [0.29, 0.717) is 5.82 Å². The van der Waals surface area contributed by atoms with Crippen LogP contribution in [-0.2, 0) is 0 Å². The summed E-state index contributed by atoms with van der Waals surface area (Å²) in [5, 5.41) is 15.2. The SMILES string of the molecule is Cc1cc(C(C)O)c2cc(-c3ccc(F)cc3)c(-n3cncn3)nc2c1. The molecule has 0 radical (unpaired) electrons. The van der Waals surface area contributed by atoms with Crippen molar-refractivity contribution in [3.05, 3.63) is 72.1 Å². The van der Waals surface area contributed by atoms with E-state index in [1.54, 1.807) is 30.1 Å². The maximum atomic E-state index is 13.4. The zero-order chi connectivity index (χ0) is 18.3. The van der Waals surface area contributed by atoms with Gasteiger partial charge in [-0.25, -0.2) is 19.0 Å². The van der Waals surface area contributed by atoms with Crippen LogP contribution in [-0.4, -0.2) is 24.9 Å². The van der Waals surface area contributed by atoms with E-state index >= 15 is 0 Å². The van der Waals surface area contributed by atoms with Crippen molar-refractivity contribution in [1.82, 2.24) is 19.7 Å². The lowest BCUT2D eigenvalue weighted by Crippen LogP contribution is -2.04. The molecule has 0 amide bonds. The van der Waals surface area contributed by atoms with Crippen molar-refractivity contribution < 1.29 is 9.50 Å². The Bertz CT molecular complexity index is 1070. The van der Waals surface area contributed by atoms with E-state index in [9.17, 15) is 9.50 Å². The Morgan fingerprint density at radius 3 is 2.54 bits per heavy atom. The average molecular weight is 348 g/mol. The van der Waals surface area contributed by atoms with Crippen LogP contribution in [0.2, 0.25) is 0 Å². The molecule has 6 heteroatoms. The molecule has 0 aliphatic rings. The lowest BCUT2D eigenvalue weighted by atomic mass is 9.97. The number of hydrogen-bond acceptors (Lipinski definition) is 4. The molecule has 4 aromatic rings. The molecule has 0 aliphatic carbocycles. The van der Waals surface area contributed by atoms with Gasteiger partial charge in [-0.2, -0.15) is 5.10 Å². The molecule has 0 saturated carbocycles. The first kappa shape index (κ1) is 16.4. The minimum absolute atomic E-state index is 0.301. The molecule has 0 saturated heterocycles. The van der Waals surface area contributed by atoms with E-state index in [4.69, 9.17) is 4.98 Å². The third-order valence-corrected chi connectivity index (χ3v) is 4.33. The fourth-order valence-corrected chi connectivity index (χ4v) is 3.12. The Kier molecular flexibility index (Phi) is 3.97. The second kappa shape index (κ2) is 6.31. The zero-order valence-electron chi connectivity index (χ0n) is 14.4. The standard InChI is InChI=1S/C20H17FN4O/c1-12-7-16(13(2)26)18-9-17(14-3-5-15(21)6-4-14)20(24-19(18)8-12)25-11-22-10-23-25/h3-11,13,26H,1-2H3. The van der Waals surface area contributed by atoms with Crippen LogP contribution in [0.5, 0.6) is 0 Å². The predicted molar refractivity (Wildman–Crippen MR) is 97.4 cm³/mol. The van der Waals surface area contributed by atoms with Crippen molar-refractivity contribution in [1.29, 1.82) is 0 Å². The molecule has 2 heterocycles. The molecule has 26 heavy (non-hydrogen) atoms. The van der Waals surface area contributed by atoms with E-state index in [0.717, 1.165) is 33.2 Å². The van der Waals surface area contributed by atoms with E-state index in [-0.39, 0.29) is 5.82 Å². The van der Waals surface area contributed by atoms with Crippen molar-refractivity contribution in [2.24, 2.45) is 0 Å². The molecule has 0 spiro atoms. The van der Waals surface area contributed by atoms with Crippen LogP contribution in [0.1, 0.15) is 24.2 Å². The Morgan fingerprint density at radius 1 is 1.12 bits per heavy atom. The van der Waals surface area contributed by atoms with Gasteiger partial charge >= 0.3 is 0 Å². The van der Waals surface area contributed by atoms with Crippen molar-refractivity contribution in [3.8, 4) is 16.9 Å². The van der Waals surface area contributed by atoms with Gasteiger partial charge in [0, 0.05) is 10.9 Å². The number of pyridine rings is 1. The fourth-order valence-electron chi connectivity index (χ4n) is 3.12. The van der Waals surface area contributed by atoms with Gasteiger partial charge in [0.2, 0.25) is 0 Å². The van der Waals surface area contributed by atoms with Crippen LogP contribution in [0.15, 0.2) is 55.1 Å². The van der Waals surface area contributed by atoms with Gasteiger partial charge in [0.15, 0.2) is 5.82 Å². The molecule has 2 aromatic carbocycles. The first-order chi connectivity index (χ1) is 12.5. The van der Waals surface area contributed by atoms with E-state index < -0.39 is 6.10 Å². The van der Waals surface area contributed by atoms with Gasteiger partial charge < -0.3 is 5.11 Å². The summed E-state index contributed by atoms with van der Waals surface area (Å²) in [5.74, 6) is 0.300. The van der Waals surface area contributed by atoms with E-state index in [2.05, 4.69) is 10.1 Å². The molecule has 0 fully saturated rings. The third-order valence-electron chi connectivity index (χ3n) is 4.33. The lowest BCUT2D eigenvalue weighted by molar-refractivity contribution is 0.201. The second-order valence-electron chi connectivity index (χ2n) is 6.30. The van der Waals surface area contributed by atoms with Gasteiger partial charge in [0.25, 0.3) is 0 Å². The van der Waals surface area contributed by atoms with Crippen LogP contribution >= 0.6 is 0 Å². The molecule has 1 atom stereocenters. The quantitative estimate of drug-likeness (QED) is 0.608. The minimum Gasteiger partial charge on any atom is -0.389 e. The summed E-state index contributed by atoms with van der Waals surface area (Å²) in [5.41, 5.74) is 4.18. The number of aromatic nitrogens is 4. The van der Waals surface area contributed by atoms with Gasteiger partial charge in [0.1, 0.15) is 18.5 Å². The van der Waals surface area contributed by atoms with Gasteiger partial charge in [-0.15, -0.1) is 0 Å². The lowest BCUT2D eigenvalue weighted by Gasteiger charge is -2.15. The number of hydrogen-bond donors (Lipinski definition) is 1. The highest BCUT2D eigenvalue weighted by Gasteiger charge is 2.16. The number of benzene rings is 2. The van der Waals surface area contributed by atoms with Gasteiger partial charge in [-0.1, -0.05) is 18.2 Å². The number of aliphatic hydroxyl groups is 1. The van der Waals surface area contributed by atoms with Crippen LogP contribution < -0.4 is 0 Å². The number of nitrogens with zero attached hydrogens (tertiary/aromatic N) is 4. The van der Waals surface area contributed by atoms with Crippen molar-refractivity contribution in [2.45, 2.75) is 20.0 Å². The summed E-state index contributed by atoms with van der Waals surface area (Å²) in [6.45, 7) is 3.70. The van der Waals surface area contributed by atoms with E-state index in [1.165, 1.54) is 18.5 Å². The third kappa shape index (κ3) is 2.84.